The zero-order valence-corrected chi connectivity index (χ0v) is 24.8. The van der Waals surface area contributed by atoms with Crippen molar-refractivity contribution in [3.63, 3.8) is 0 Å². The molecule has 0 radical (unpaired) electrons. The summed E-state index contributed by atoms with van der Waals surface area (Å²) in [4.78, 5) is 43.1. The molecular weight excluding hydrogens is 557 g/mol. The van der Waals surface area contributed by atoms with Crippen molar-refractivity contribution in [2.75, 3.05) is 6.54 Å². The third kappa shape index (κ3) is 10.8. The van der Waals surface area contributed by atoms with Crippen LogP contribution in [-0.2, 0) is 27.2 Å². The second-order valence-corrected chi connectivity index (χ2v) is 11.0. The minimum Gasteiger partial charge on any atom is -0.508 e. The second-order valence-electron chi connectivity index (χ2n) is 11.0. The average molecular weight is 598 g/mol. The number of allylic oxidation sites excluding steroid dienone is 2. The number of aliphatic hydroxyl groups is 1. The van der Waals surface area contributed by atoms with Crippen LogP contribution in [0.25, 0.3) is 0 Å². The first-order valence-electron chi connectivity index (χ1n) is 14.3. The molecule has 0 fully saturated rings. The number of nitrogens with one attached hydrogen (secondary N) is 2. The number of nitrogens with zero attached hydrogens (tertiary/aromatic N) is 1. The summed E-state index contributed by atoms with van der Waals surface area (Å²) in [5.74, 6) is -2.19. The van der Waals surface area contributed by atoms with E-state index in [1.807, 2.05) is 20.8 Å². The summed E-state index contributed by atoms with van der Waals surface area (Å²) in [6.07, 6.45) is 5.43. The molecule has 2 aromatic rings. The lowest BCUT2D eigenvalue weighted by Gasteiger charge is -2.28. The summed E-state index contributed by atoms with van der Waals surface area (Å²) in [6, 6.07) is 5.05. The lowest BCUT2D eigenvalue weighted by Crippen LogP contribution is -2.46. The van der Waals surface area contributed by atoms with Gasteiger partial charge in [-0.05, 0) is 36.6 Å². The number of amides is 2. The van der Waals surface area contributed by atoms with Gasteiger partial charge in [0.1, 0.15) is 30.3 Å². The number of fused-ring (bicyclic) bond motifs is 2. The topological polar surface area (TPSA) is 151 Å². The van der Waals surface area contributed by atoms with Crippen LogP contribution in [0.2, 0.25) is 0 Å². The number of cyclic esters (lactones) is 1. The molecule has 2 heterocycles. The number of phenolic OH excluding ortho intramolecular Hbond substituents is 1. The van der Waals surface area contributed by atoms with Crippen LogP contribution in [-0.4, -0.2) is 63.9 Å². The van der Waals surface area contributed by atoms with Crippen LogP contribution in [0.5, 0.6) is 5.75 Å². The van der Waals surface area contributed by atoms with Crippen LogP contribution in [0.4, 0.5) is 4.39 Å². The van der Waals surface area contributed by atoms with E-state index in [4.69, 9.17) is 9.15 Å². The number of aliphatic hydroxyl groups excluding tert-OH is 1. The second kappa shape index (κ2) is 15.8. The Morgan fingerprint density at radius 2 is 1.86 bits per heavy atom. The SMILES string of the molecule is CC1=C\C(O)CC(F)Cc2nc(co2)C(=O)NC(Cc2ccc(O)cc2)C(=O)OC(C(C)C)C(C)/C=C/C(=O)NC\C=C\1. The number of aromatic nitrogens is 1. The molecule has 232 valence electrons. The van der Waals surface area contributed by atoms with Crippen LogP contribution in [0.1, 0.15) is 56.1 Å². The normalized spacial score (nSPS) is 27.7. The van der Waals surface area contributed by atoms with Crippen molar-refractivity contribution in [1.82, 2.24) is 15.6 Å². The smallest absolute Gasteiger partial charge is 0.329 e. The Kier molecular flexibility index (Phi) is 12.2. The standard InChI is InChI=1S/C32H40FN3O7/c1-19(2)30-21(4)7-12-28(39)34-13-5-6-20(3)14-25(38)16-23(33)17-29-35-27(18-42-29)31(40)36-26(32(41)43-30)15-22-8-10-24(37)11-9-22/h5-12,14,18-19,21,23,25-26,30,37-38H,13,15-17H2,1-4H3,(H,34,39)(H,36,40)/b6-5+,12-7+,20-14+. The number of carbonyl (C=O) groups excluding carboxylic acids is 3. The van der Waals surface area contributed by atoms with Gasteiger partial charge in [-0.15, -0.1) is 0 Å². The maximum atomic E-state index is 14.7. The zero-order chi connectivity index (χ0) is 31.5. The van der Waals surface area contributed by atoms with E-state index >= 15 is 0 Å². The molecule has 0 saturated carbocycles. The van der Waals surface area contributed by atoms with Gasteiger partial charge in [0.25, 0.3) is 5.91 Å². The van der Waals surface area contributed by atoms with Gasteiger partial charge in [0.05, 0.1) is 12.5 Å². The van der Waals surface area contributed by atoms with Gasteiger partial charge < -0.3 is 30.0 Å². The molecule has 2 amide bonds. The van der Waals surface area contributed by atoms with Gasteiger partial charge in [-0.2, -0.15) is 0 Å². The largest absolute Gasteiger partial charge is 0.508 e. The third-order valence-electron chi connectivity index (χ3n) is 6.85. The fourth-order valence-corrected chi connectivity index (χ4v) is 4.64. The van der Waals surface area contributed by atoms with E-state index in [1.165, 1.54) is 24.3 Å². The maximum absolute atomic E-state index is 14.7. The van der Waals surface area contributed by atoms with Crippen LogP contribution < -0.4 is 10.6 Å². The molecule has 2 bridgehead atoms. The number of rotatable bonds is 3. The van der Waals surface area contributed by atoms with Crippen molar-refractivity contribution in [3.05, 3.63) is 83.6 Å². The third-order valence-corrected chi connectivity index (χ3v) is 6.85. The van der Waals surface area contributed by atoms with Gasteiger partial charge >= 0.3 is 5.97 Å². The van der Waals surface area contributed by atoms with E-state index in [-0.39, 0.29) is 60.9 Å². The van der Waals surface area contributed by atoms with Crippen LogP contribution >= 0.6 is 0 Å². The summed E-state index contributed by atoms with van der Waals surface area (Å²) in [6.45, 7) is 7.58. The van der Waals surface area contributed by atoms with Crippen LogP contribution in [0.15, 0.2) is 70.9 Å². The summed E-state index contributed by atoms with van der Waals surface area (Å²) in [7, 11) is 0. The Morgan fingerprint density at radius 3 is 2.56 bits per heavy atom. The first-order chi connectivity index (χ1) is 20.4. The van der Waals surface area contributed by atoms with Gasteiger partial charge in [0.2, 0.25) is 5.91 Å². The summed E-state index contributed by atoms with van der Waals surface area (Å²) < 4.78 is 25.9. The lowest BCUT2D eigenvalue weighted by molar-refractivity contribution is -0.155. The van der Waals surface area contributed by atoms with Gasteiger partial charge in [-0.3, -0.25) is 9.59 Å². The molecule has 1 aliphatic rings. The Hall–Kier alpha value is -4.25. The summed E-state index contributed by atoms with van der Waals surface area (Å²) in [5, 5.41) is 25.3. The Bertz CT molecular complexity index is 1330. The zero-order valence-electron chi connectivity index (χ0n) is 24.8. The molecule has 0 aliphatic carbocycles. The van der Waals surface area contributed by atoms with E-state index in [0.29, 0.717) is 11.1 Å². The number of carbonyl (C=O) groups is 3. The van der Waals surface area contributed by atoms with E-state index in [2.05, 4.69) is 15.6 Å². The minimum absolute atomic E-state index is 0.0299. The number of hydrogen-bond acceptors (Lipinski definition) is 8. The number of oxazole rings is 1. The average Bonchev–Trinajstić information content (AvgIpc) is 3.41. The van der Waals surface area contributed by atoms with Crippen molar-refractivity contribution >= 4 is 17.8 Å². The van der Waals surface area contributed by atoms with Crippen molar-refractivity contribution < 1.29 is 38.1 Å². The van der Waals surface area contributed by atoms with Crippen LogP contribution in [0.3, 0.4) is 0 Å². The fraction of sp³-hybridized carbons (Fsp3) is 0.438. The quantitative estimate of drug-likeness (QED) is 0.391. The van der Waals surface area contributed by atoms with Crippen molar-refractivity contribution in [2.24, 2.45) is 11.8 Å². The number of alkyl halides is 1. The fourth-order valence-electron chi connectivity index (χ4n) is 4.64. The highest BCUT2D eigenvalue weighted by Gasteiger charge is 2.30. The molecule has 5 unspecified atom stereocenters. The minimum atomic E-state index is -1.50. The molecule has 10 nitrogen and oxygen atoms in total. The molecule has 0 spiro atoms. The number of esters is 1. The Labute approximate surface area is 250 Å². The molecule has 43 heavy (non-hydrogen) atoms. The number of aromatic hydroxyl groups is 1. The first kappa shape index (κ1) is 33.3. The van der Waals surface area contributed by atoms with Crippen LogP contribution in [0, 0.1) is 11.8 Å². The molecule has 11 heteroatoms. The van der Waals surface area contributed by atoms with Crippen molar-refractivity contribution in [3.8, 4) is 5.75 Å². The van der Waals surface area contributed by atoms with Crippen molar-refractivity contribution in [2.45, 2.75) is 71.4 Å². The number of phenols is 1. The van der Waals surface area contributed by atoms with Gasteiger partial charge in [0.15, 0.2) is 11.6 Å². The Morgan fingerprint density at radius 1 is 1.14 bits per heavy atom. The number of halogens is 1. The first-order valence-corrected chi connectivity index (χ1v) is 14.3. The highest BCUT2D eigenvalue weighted by molar-refractivity contribution is 5.95. The lowest BCUT2D eigenvalue weighted by atomic mass is 9.94. The summed E-state index contributed by atoms with van der Waals surface area (Å²) in [5.41, 5.74) is 1.20. The van der Waals surface area contributed by atoms with E-state index in [1.54, 1.807) is 37.3 Å². The van der Waals surface area contributed by atoms with Gasteiger partial charge in [-0.1, -0.05) is 62.8 Å². The molecule has 5 atom stereocenters. The number of benzene rings is 1. The number of ether oxygens (including phenoxy) is 1. The van der Waals surface area contributed by atoms with E-state index < -0.39 is 36.3 Å². The molecule has 1 aliphatic heterocycles. The molecule has 4 N–H and O–H groups in total. The molecule has 0 saturated heterocycles. The monoisotopic (exact) mass is 597 g/mol. The van der Waals surface area contributed by atoms with Crippen molar-refractivity contribution in [1.29, 1.82) is 0 Å². The predicted molar refractivity (Wildman–Crippen MR) is 158 cm³/mol. The maximum Gasteiger partial charge on any atom is 0.329 e. The van der Waals surface area contributed by atoms with Gasteiger partial charge in [-0.25, -0.2) is 14.2 Å². The van der Waals surface area contributed by atoms with Gasteiger partial charge in [0, 0.05) is 25.3 Å². The molecule has 1 aromatic heterocycles. The molecule has 1 aromatic carbocycles. The number of hydrogen-bond donors (Lipinski definition) is 4. The predicted octanol–water partition coefficient (Wildman–Crippen LogP) is 3.75. The molecular formula is C32H40FN3O7. The highest BCUT2D eigenvalue weighted by atomic mass is 19.1. The van der Waals surface area contributed by atoms with E-state index in [0.717, 1.165) is 6.26 Å². The summed E-state index contributed by atoms with van der Waals surface area (Å²) >= 11 is 0. The molecule has 3 rings (SSSR count). The van der Waals surface area contributed by atoms with E-state index in [9.17, 15) is 29.0 Å². The Balaban J connectivity index is 1.90. The highest BCUT2D eigenvalue weighted by Crippen LogP contribution is 2.21.